The molecule has 1 aromatic rings. The maximum absolute atomic E-state index is 13.4. The third-order valence-electron chi connectivity index (χ3n) is 6.89. The van der Waals surface area contributed by atoms with Crippen molar-refractivity contribution in [1.82, 2.24) is 9.80 Å². The second-order valence-corrected chi connectivity index (χ2v) is 8.53. The van der Waals surface area contributed by atoms with Crippen molar-refractivity contribution in [3.05, 3.63) is 35.6 Å². The van der Waals surface area contributed by atoms with Crippen LogP contribution in [0, 0.1) is 11.7 Å². The Kier molecular flexibility index (Phi) is 5.30. The summed E-state index contributed by atoms with van der Waals surface area (Å²) in [6.45, 7) is 4.74. The number of likely N-dealkylation sites (tertiary alicyclic amines) is 2. The number of benzene rings is 1. The lowest BCUT2D eigenvalue weighted by atomic mass is 9.85. The van der Waals surface area contributed by atoms with Gasteiger partial charge in [0.2, 0.25) is 5.91 Å². The highest BCUT2D eigenvalue weighted by Crippen LogP contribution is 2.41. The lowest BCUT2D eigenvalue weighted by Gasteiger charge is -2.42. The Balaban J connectivity index is 1.59. The van der Waals surface area contributed by atoms with Crippen LogP contribution in [-0.2, 0) is 4.79 Å². The average molecular weight is 359 g/mol. The Labute approximate surface area is 156 Å². The van der Waals surface area contributed by atoms with E-state index in [1.54, 1.807) is 19.1 Å². The highest BCUT2D eigenvalue weighted by atomic mass is 19.1. The molecule has 0 N–H and O–H groups in total. The van der Waals surface area contributed by atoms with Gasteiger partial charge in [0.15, 0.2) is 0 Å². The van der Waals surface area contributed by atoms with Gasteiger partial charge >= 0.3 is 0 Å². The van der Waals surface area contributed by atoms with E-state index in [4.69, 9.17) is 0 Å². The first-order chi connectivity index (χ1) is 12.6. The third-order valence-corrected chi connectivity index (χ3v) is 6.89. The van der Waals surface area contributed by atoms with Crippen LogP contribution in [-0.4, -0.2) is 47.4 Å². The van der Waals surface area contributed by atoms with Crippen LogP contribution < -0.4 is 0 Å². The van der Waals surface area contributed by atoms with Gasteiger partial charge in [-0.05, 0) is 49.3 Å². The molecular weight excluding hydrogens is 327 g/mol. The van der Waals surface area contributed by atoms with Gasteiger partial charge in [0.25, 0.3) is 0 Å². The normalized spacial score (nSPS) is 30.4. The summed E-state index contributed by atoms with van der Waals surface area (Å²) >= 11 is 0. The van der Waals surface area contributed by atoms with Gasteiger partial charge in [0.1, 0.15) is 5.82 Å². The number of carbonyl (C=O) groups excluding carboxylic acids is 1. The Hall–Kier alpha value is -1.42. The van der Waals surface area contributed by atoms with Crippen LogP contribution in [0.2, 0.25) is 0 Å². The molecule has 0 radical (unpaired) electrons. The second-order valence-electron chi connectivity index (χ2n) is 8.53. The van der Waals surface area contributed by atoms with Crippen LogP contribution in [0.1, 0.15) is 63.4 Å². The van der Waals surface area contributed by atoms with Crippen LogP contribution in [0.3, 0.4) is 0 Å². The first kappa shape index (κ1) is 18.0. The summed E-state index contributed by atoms with van der Waals surface area (Å²) in [5, 5.41) is 0. The summed E-state index contributed by atoms with van der Waals surface area (Å²) < 4.78 is 13.4. The number of rotatable bonds is 3. The van der Waals surface area contributed by atoms with Crippen LogP contribution in [0.15, 0.2) is 24.3 Å². The predicted octanol–water partition coefficient (Wildman–Crippen LogP) is 4.18. The van der Waals surface area contributed by atoms with E-state index in [1.807, 2.05) is 12.1 Å². The molecule has 1 saturated carbocycles. The minimum Gasteiger partial charge on any atom is -0.338 e. The predicted molar refractivity (Wildman–Crippen MR) is 101 cm³/mol. The summed E-state index contributed by atoms with van der Waals surface area (Å²) in [5.41, 5.74) is 1.18. The first-order valence-corrected chi connectivity index (χ1v) is 10.4. The van der Waals surface area contributed by atoms with E-state index in [0.29, 0.717) is 12.0 Å². The molecule has 2 heterocycles. The molecule has 3 atom stereocenters. The molecule has 3 aliphatic rings. The molecule has 1 aliphatic carbocycles. The number of amides is 1. The summed E-state index contributed by atoms with van der Waals surface area (Å²) in [6.07, 6.45) is 9.11. The van der Waals surface area contributed by atoms with Gasteiger partial charge in [-0.15, -0.1) is 0 Å². The van der Waals surface area contributed by atoms with Gasteiger partial charge in [-0.2, -0.15) is 0 Å². The maximum Gasteiger partial charge on any atom is 0.219 e. The molecule has 1 aromatic carbocycles. The quantitative estimate of drug-likeness (QED) is 0.809. The highest BCUT2D eigenvalue weighted by Gasteiger charge is 2.48. The monoisotopic (exact) mass is 358 g/mol. The third kappa shape index (κ3) is 3.53. The van der Waals surface area contributed by atoms with Crippen LogP contribution in [0.5, 0.6) is 0 Å². The van der Waals surface area contributed by atoms with Gasteiger partial charge in [0.05, 0.1) is 6.04 Å². The van der Waals surface area contributed by atoms with Crippen molar-refractivity contribution in [3.8, 4) is 0 Å². The average Bonchev–Trinajstić information content (AvgIpc) is 3.02. The van der Waals surface area contributed by atoms with Gasteiger partial charge in [-0.1, -0.05) is 31.4 Å². The maximum atomic E-state index is 13.4. The lowest BCUT2D eigenvalue weighted by Crippen LogP contribution is -2.53. The fourth-order valence-corrected chi connectivity index (χ4v) is 5.67. The van der Waals surface area contributed by atoms with Crippen molar-refractivity contribution in [2.24, 2.45) is 5.92 Å². The van der Waals surface area contributed by atoms with E-state index in [0.717, 1.165) is 25.4 Å². The Bertz CT molecular complexity index is 626. The van der Waals surface area contributed by atoms with Gasteiger partial charge in [0, 0.05) is 38.5 Å². The number of carbonyl (C=O) groups is 1. The molecule has 0 aromatic heterocycles. The zero-order valence-electron chi connectivity index (χ0n) is 15.9. The van der Waals surface area contributed by atoms with E-state index >= 15 is 0 Å². The molecule has 3 nitrogen and oxygen atoms in total. The van der Waals surface area contributed by atoms with E-state index in [-0.39, 0.29) is 17.8 Å². The van der Waals surface area contributed by atoms with Crippen molar-refractivity contribution >= 4 is 5.91 Å². The number of halogens is 1. The Morgan fingerprint density at radius 1 is 1.08 bits per heavy atom. The summed E-state index contributed by atoms with van der Waals surface area (Å²) in [6, 6.07) is 7.69. The molecular formula is C22H31FN2O. The molecule has 2 saturated heterocycles. The smallest absolute Gasteiger partial charge is 0.219 e. The Morgan fingerprint density at radius 2 is 1.81 bits per heavy atom. The van der Waals surface area contributed by atoms with Crippen molar-refractivity contribution in [3.63, 3.8) is 0 Å². The van der Waals surface area contributed by atoms with Crippen molar-refractivity contribution < 1.29 is 9.18 Å². The fourth-order valence-electron chi connectivity index (χ4n) is 5.67. The second kappa shape index (κ2) is 7.67. The van der Waals surface area contributed by atoms with Crippen LogP contribution >= 0.6 is 0 Å². The number of nitrogens with zero attached hydrogens (tertiary/aromatic N) is 2. The van der Waals surface area contributed by atoms with E-state index in [9.17, 15) is 9.18 Å². The van der Waals surface area contributed by atoms with E-state index in [2.05, 4.69) is 9.80 Å². The fraction of sp³-hybridized carbons (Fsp3) is 0.682. The summed E-state index contributed by atoms with van der Waals surface area (Å²) in [7, 11) is 0. The van der Waals surface area contributed by atoms with Crippen LogP contribution in [0.25, 0.3) is 0 Å². The SMILES string of the molecule is CC(=O)N1CCC[C@@H]2[C@H]1[C@@H](c1ccc(F)cc1)CN2CC1CCCCC1. The Morgan fingerprint density at radius 3 is 2.50 bits per heavy atom. The van der Waals surface area contributed by atoms with Crippen LogP contribution in [0.4, 0.5) is 4.39 Å². The van der Waals surface area contributed by atoms with Gasteiger partial charge < -0.3 is 4.90 Å². The molecule has 0 unspecified atom stereocenters. The lowest BCUT2D eigenvalue weighted by molar-refractivity contribution is -0.133. The molecule has 0 bridgehead atoms. The zero-order chi connectivity index (χ0) is 18.1. The molecule has 3 fully saturated rings. The molecule has 1 amide bonds. The molecule has 4 rings (SSSR count). The number of hydrogen-bond acceptors (Lipinski definition) is 2. The molecule has 142 valence electrons. The van der Waals surface area contributed by atoms with Crippen molar-refractivity contribution in [2.75, 3.05) is 19.6 Å². The van der Waals surface area contributed by atoms with E-state index < -0.39 is 0 Å². The minimum atomic E-state index is -0.186. The van der Waals surface area contributed by atoms with Gasteiger partial charge in [-0.3, -0.25) is 9.69 Å². The zero-order valence-corrected chi connectivity index (χ0v) is 15.9. The highest BCUT2D eigenvalue weighted by molar-refractivity contribution is 5.74. The topological polar surface area (TPSA) is 23.6 Å². The van der Waals surface area contributed by atoms with Crippen molar-refractivity contribution in [1.29, 1.82) is 0 Å². The molecule has 2 aliphatic heterocycles. The number of fused-ring (bicyclic) bond motifs is 1. The minimum absolute atomic E-state index is 0.186. The van der Waals surface area contributed by atoms with E-state index in [1.165, 1.54) is 50.6 Å². The molecule has 4 heteroatoms. The van der Waals surface area contributed by atoms with Crippen molar-refractivity contribution in [2.45, 2.75) is 69.9 Å². The largest absolute Gasteiger partial charge is 0.338 e. The number of hydrogen-bond donors (Lipinski definition) is 0. The standard InChI is InChI=1S/C22H31FN2O/c1-16(26)25-13-5-8-21-22(25)20(18-9-11-19(23)12-10-18)15-24(21)14-17-6-3-2-4-7-17/h9-12,17,20-22H,2-8,13-15H2,1H3/t20-,21-,22-/m1/s1. The number of piperidine rings is 1. The first-order valence-electron chi connectivity index (χ1n) is 10.4. The summed E-state index contributed by atoms with van der Waals surface area (Å²) in [4.78, 5) is 17.1. The van der Waals surface area contributed by atoms with Gasteiger partial charge in [-0.25, -0.2) is 4.39 Å². The molecule has 26 heavy (non-hydrogen) atoms. The molecule has 0 spiro atoms. The summed E-state index contributed by atoms with van der Waals surface area (Å²) in [5.74, 6) is 1.11.